The highest BCUT2D eigenvalue weighted by Crippen LogP contribution is 2.27. The molecule has 4 heterocycles. The third-order valence-electron chi connectivity index (χ3n) is 4.13. The van der Waals surface area contributed by atoms with Crippen LogP contribution in [-0.4, -0.2) is 70.2 Å². The lowest BCUT2D eigenvalue weighted by atomic mass is 10.2. The number of nitrogens with one attached hydrogen (secondary N) is 4. The molecular weight excluding hydrogens is 419 g/mol. The molecule has 160 valence electrons. The van der Waals surface area contributed by atoms with Crippen LogP contribution in [-0.2, 0) is 4.79 Å². The van der Waals surface area contributed by atoms with Crippen molar-refractivity contribution in [3.63, 3.8) is 0 Å². The standard InChI is InChI=1S/C16H14F3N11O/c1-7(15(31)22-5-16(17,18)19)24-11-2-10(14-27-29-30-28-14)25-13(26-11)9-4-21-12-8(9)3-20-6-23-12/h2-4,6-7H,5H2,1H3,(H,22,31)(H,20,21,23)(H,24,25,26)(H,27,28,29,30)/t7-/m0/s1. The molecule has 0 aliphatic heterocycles. The van der Waals surface area contributed by atoms with Gasteiger partial charge in [0.1, 0.15) is 36.1 Å². The molecule has 1 amide bonds. The highest BCUT2D eigenvalue weighted by molar-refractivity contribution is 5.91. The molecule has 0 spiro atoms. The lowest BCUT2D eigenvalue weighted by molar-refractivity contribution is -0.138. The van der Waals surface area contributed by atoms with Crippen LogP contribution in [0, 0.1) is 0 Å². The Morgan fingerprint density at radius 1 is 1.29 bits per heavy atom. The Labute approximate surface area is 171 Å². The summed E-state index contributed by atoms with van der Waals surface area (Å²) in [5.74, 6) is -0.199. The van der Waals surface area contributed by atoms with E-state index >= 15 is 0 Å². The number of alkyl halides is 3. The third-order valence-corrected chi connectivity index (χ3v) is 4.13. The Morgan fingerprint density at radius 3 is 2.87 bits per heavy atom. The second kappa shape index (κ2) is 7.92. The van der Waals surface area contributed by atoms with E-state index in [-0.39, 0.29) is 17.5 Å². The van der Waals surface area contributed by atoms with E-state index in [1.807, 2.05) is 5.32 Å². The van der Waals surface area contributed by atoms with Crippen LogP contribution in [0.5, 0.6) is 0 Å². The largest absolute Gasteiger partial charge is 0.405 e. The average Bonchev–Trinajstić information content (AvgIpc) is 3.41. The van der Waals surface area contributed by atoms with Gasteiger partial charge in [0.15, 0.2) is 11.6 Å². The zero-order valence-corrected chi connectivity index (χ0v) is 15.8. The first-order valence-corrected chi connectivity index (χ1v) is 8.82. The van der Waals surface area contributed by atoms with Crippen LogP contribution in [0.4, 0.5) is 19.0 Å². The molecule has 4 rings (SSSR count). The molecule has 0 aliphatic rings. The molecule has 0 bridgehead atoms. The number of aromatic nitrogens is 9. The Balaban J connectivity index is 1.67. The molecule has 0 fully saturated rings. The predicted molar refractivity (Wildman–Crippen MR) is 100 cm³/mol. The van der Waals surface area contributed by atoms with Crippen LogP contribution >= 0.6 is 0 Å². The lowest BCUT2D eigenvalue weighted by Gasteiger charge is -2.16. The number of rotatable bonds is 6. The molecule has 4 aromatic heterocycles. The van der Waals surface area contributed by atoms with E-state index in [0.717, 1.165) is 0 Å². The maximum absolute atomic E-state index is 12.4. The fourth-order valence-corrected chi connectivity index (χ4v) is 2.70. The van der Waals surface area contributed by atoms with Crippen molar-refractivity contribution in [1.82, 2.24) is 50.9 Å². The maximum atomic E-state index is 12.4. The highest BCUT2D eigenvalue weighted by atomic mass is 19.4. The molecule has 0 unspecified atom stereocenters. The highest BCUT2D eigenvalue weighted by Gasteiger charge is 2.29. The summed E-state index contributed by atoms with van der Waals surface area (Å²) in [6.45, 7) is -0.0279. The second-order valence-electron chi connectivity index (χ2n) is 6.40. The minimum Gasteiger partial charge on any atom is -0.358 e. The van der Waals surface area contributed by atoms with E-state index in [1.165, 1.54) is 19.3 Å². The van der Waals surface area contributed by atoms with Crippen LogP contribution in [0.1, 0.15) is 6.92 Å². The van der Waals surface area contributed by atoms with Crippen LogP contribution in [0.25, 0.3) is 33.9 Å². The number of hydrogen-bond acceptors (Lipinski definition) is 9. The molecule has 31 heavy (non-hydrogen) atoms. The van der Waals surface area contributed by atoms with Gasteiger partial charge in [0.2, 0.25) is 5.91 Å². The summed E-state index contributed by atoms with van der Waals surface area (Å²) >= 11 is 0. The molecule has 0 aliphatic carbocycles. The number of fused-ring (bicyclic) bond motifs is 1. The number of carbonyl (C=O) groups is 1. The van der Waals surface area contributed by atoms with Gasteiger partial charge in [-0.1, -0.05) is 0 Å². The van der Waals surface area contributed by atoms with Gasteiger partial charge in [-0.05, 0) is 17.4 Å². The summed E-state index contributed by atoms with van der Waals surface area (Å²) in [7, 11) is 0. The topological polar surface area (TPSA) is 163 Å². The van der Waals surface area contributed by atoms with E-state index in [2.05, 4.69) is 50.9 Å². The van der Waals surface area contributed by atoms with Gasteiger partial charge in [0, 0.05) is 29.4 Å². The van der Waals surface area contributed by atoms with Gasteiger partial charge >= 0.3 is 6.18 Å². The molecule has 0 saturated heterocycles. The van der Waals surface area contributed by atoms with Gasteiger partial charge in [-0.15, -0.1) is 5.10 Å². The summed E-state index contributed by atoms with van der Waals surface area (Å²) in [6.07, 6.45) is 0.0937. The summed E-state index contributed by atoms with van der Waals surface area (Å²) < 4.78 is 37.1. The van der Waals surface area contributed by atoms with Gasteiger partial charge < -0.3 is 15.6 Å². The fraction of sp³-hybridized carbons (Fsp3) is 0.250. The smallest absolute Gasteiger partial charge is 0.358 e. The maximum Gasteiger partial charge on any atom is 0.405 e. The first-order valence-electron chi connectivity index (χ1n) is 8.82. The first kappa shape index (κ1) is 20.1. The number of halogens is 3. The van der Waals surface area contributed by atoms with Gasteiger partial charge in [-0.2, -0.15) is 13.2 Å². The molecule has 15 heteroatoms. The summed E-state index contributed by atoms with van der Waals surface area (Å²) in [6, 6.07) is 0.446. The Bertz CT molecular complexity index is 1210. The zero-order valence-electron chi connectivity index (χ0n) is 15.8. The van der Waals surface area contributed by atoms with E-state index in [4.69, 9.17) is 0 Å². The van der Waals surface area contributed by atoms with E-state index < -0.39 is 24.7 Å². The van der Waals surface area contributed by atoms with Crippen LogP contribution < -0.4 is 10.6 Å². The van der Waals surface area contributed by atoms with Gasteiger partial charge in [0.05, 0.1) is 0 Å². The Morgan fingerprint density at radius 2 is 2.13 bits per heavy atom. The molecule has 4 aromatic rings. The molecule has 12 nitrogen and oxygen atoms in total. The second-order valence-corrected chi connectivity index (χ2v) is 6.40. The fourth-order valence-electron chi connectivity index (χ4n) is 2.70. The van der Waals surface area contributed by atoms with Gasteiger partial charge in [0.25, 0.3) is 0 Å². The lowest BCUT2D eigenvalue weighted by Crippen LogP contribution is -2.42. The van der Waals surface area contributed by atoms with E-state index in [0.29, 0.717) is 22.3 Å². The zero-order chi connectivity index (χ0) is 22.0. The van der Waals surface area contributed by atoms with Crippen molar-refractivity contribution in [2.75, 3.05) is 11.9 Å². The molecule has 1 atom stereocenters. The third kappa shape index (κ3) is 4.54. The molecule has 4 N–H and O–H groups in total. The molecule has 0 aromatic carbocycles. The number of nitrogens with zero attached hydrogens (tertiary/aromatic N) is 7. The number of amides is 1. The van der Waals surface area contributed by atoms with E-state index in [1.54, 1.807) is 12.4 Å². The minimum absolute atomic E-state index is 0.178. The van der Waals surface area contributed by atoms with Crippen molar-refractivity contribution in [3.05, 3.63) is 24.8 Å². The van der Waals surface area contributed by atoms with Gasteiger partial charge in [-0.3, -0.25) is 4.79 Å². The minimum atomic E-state index is -4.51. The monoisotopic (exact) mass is 433 g/mol. The van der Waals surface area contributed by atoms with Crippen LogP contribution in [0.15, 0.2) is 24.8 Å². The van der Waals surface area contributed by atoms with Crippen molar-refractivity contribution >= 4 is 22.8 Å². The van der Waals surface area contributed by atoms with Gasteiger partial charge in [-0.25, -0.2) is 25.0 Å². The molecular formula is C16H14F3N11O. The molecule has 0 saturated carbocycles. The molecule has 0 radical (unpaired) electrons. The number of anilines is 1. The Hall–Kier alpha value is -4.17. The Kier molecular flexibility index (Phi) is 5.14. The number of carbonyl (C=O) groups excluding carboxylic acids is 1. The van der Waals surface area contributed by atoms with Crippen molar-refractivity contribution < 1.29 is 18.0 Å². The summed E-state index contributed by atoms with van der Waals surface area (Å²) in [4.78, 5) is 31.9. The number of H-pyrrole nitrogens is 2. The van der Waals surface area contributed by atoms with Crippen molar-refractivity contribution in [2.45, 2.75) is 19.1 Å². The predicted octanol–water partition coefficient (Wildman–Crippen LogP) is 1.07. The number of tetrazole rings is 1. The average molecular weight is 433 g/mol. The SMILES string of the molecule is C[C@H](Nc1cc(-c2nnn[nH]2)nc(-c2c[nH]c3ncncc23)n1)C(=O)NCC(F)(F)F. The van der Waals surface area contributed by atoms with Crippen LogP contribution in [0.3, 0.4) is 0 Å². The number of aromatic amines is 2. The van der Waals surface area contributed by atoms with Crippen molar-refractivity contribution in [1.29, 1.82) is 0 Å². The normalized spacial score (nSPS) is 12.6. The van der Waals surface area contributed by atoms with Crippen LogP contribution in [0.2, 0.25) is 0 Å². The first-order chi connectivity index (χ1) is 14.8. The van der Waals surface area contributed by atoms with Crippen molar-refractivity contribution in [3.8, 4) is 22.9 Å². The van der Waals surface area contributed by atoms with E-state index in [9.17, 15) is 18.0 Å². The quantitative estimate of drug-likeness (QED) is 0.348. The number of hydrogen-bond donors (Lipinski definition) is 4. The summed E-state index contributed by atoms with van der Waals surface area (Å²) in [5.41, 5.74) is 1.43. The van der Waals surface area contributed by atoms with Crippen molar-refractivity contribution in [2.24, 2.45) is 0 Å². The summed E-state index contributed by atoms with van der Waals surface area (Å²) in [5, 5.41) is 18.7.